The van der Waals surface area contributed by atoms with Crippen molar-refractivity contribution in [2.45, 2.75) is 39.5 Å². The molecule has 2 amide bonds. The highest BCUT2D eigenvalue weighted by molar-refractivity contribution is 6.31. The van der Waals surface area contributed by atoms with Crippen molar-refractivity contribution in [2.75, 3.05) is 20.2 Å². The van der Waals surface area contributed by atoms with E-state index in [-0.39, 0.29) is 17.2 Å². The molecule has 0 bridgehead atoms. The maximum Gasteiger partial charge on any atom is 0.412 e. The van der Waals surface area contributed by atoms with E-state index in [4.69, 9.17) is 25.8 Å². The van der Waals surface area contributed by atoms with Gasteiger partial charge in [0.25, 0.3) is 0 Å². The third kappa shape index (κ3) is 6.42. The summed E-state index contributed by atoms with van der Waals surface area (Å²) in [5.74, 6) is 0.751. The summed E-state index contributed by atoms with van der Waals surface area (Å²) in [5, 5.41) is 6.91. The number of carbonyl (C=O) groups is 2. The third-order valence-corrected chi connectivity index (χ3v) is 4.43. The number of ether oxygens (including phenoxy) is 3. The van der Waals surface area contributed by atoms with Gasteiger partial charge in [-0.15, -0.1) is 0 Å². The quantitative estimate of drug-likeness (QED) is 0.537. The van der Waals surface area contributed by atoms with Crippen LogP contribution in [-0.4, -0.2) is 32.4 Å². The molecule has 0 aliphatic heterocycles. The van der Waals surface area contributed by atoms with Crippen LogP contribution >= 0.6 is 11.6 Å². The summed E-state index contributed by atoms with van der Waals surface area (Å²) in [6.45, 7) is 5.10. The van der Waals surface area contributed by atoms with Crippen molar-refractivity contribution in [1.29, 1.82) is 0 Å². The van der Waals surface area contributed by atoms with Gasteiger partial charge in [0.1, 0.15) is 5.75 Å². The maximum absolute atomic E-state index is 12.2. The van der Waals surface area contributed by atoms with Gasteiger partial charge in [0.2, 0.25) is 0 Å². The van der Waals surface area contributed by atoms with Crippen LogP contribution in [0.5, 0.6) is 17.2 Å². The lowest BCUT2D eigenvalue weighted by molar-refractivity contribution is 0.197. The van der Waals surface area contributed by atoms with Gasteiger partial charge in [0.05, 0.1) is 7.11 Å². The Kier molecular flexibility index (Phi) is 8.86. The first-order valence-corrected chi connectivity index (χ1v) is 10.1. The van der Waals surface area contributed by atoms with Crippen molar-refractivity contribution in [2.24, 2.45) is 0 Å². The van der Waals surface area contributed by atoms with Crippen LogP contribution in [0.4, 0.5) is 9.59 Å². The molecule has 0 aromatic heterocycles. The van der Waals surface area contributed by atoms with E-state index >= 15 is 0 Å². The molecule has 0 aliphatic carbocycles. The number of amides is 2. The van der Waals surface area contributed by atoms with Crippen LogP contribution in [0.3, 0.4) is 0 Å². The Morgan fingerprint density at radius 3 is 2.10 bits per heavy atom. The first-order valence-electron chi connectivity index (χ1n) is 9.71. The summed E-state index contributed by atoms with van der Waals surface area (Å²) in [5.41, 5.74) is 0. The molecular formula is C21H27ClN2O5. The molecule has 8 heteroatoms. The molecule has 0 atom stereocenters. The largest absolute Gasteiger partial charge is 0.493 e. The highest BCUT2D eigenvalue weighted by Crippen LogP contribution is 2.42. The number of fused-ring (bicyclic) bond motifs is 1. The summed E-state index contributed by atoms with van der Waals surface area (Å²) < 4.78 is 16.3. The Morgan fingerprint density at radius 1 is 0.897 bits per heavy atom. The van der Waals surface area contributed by atoms with E-state index in [0.29, 0.717) is 28.9 Å². The van der Waals surface area contributed by atoms with Gasteiger partial charge in [0.15, 0.2) is 11.5 Å². The van der Waals surface area contributed by atoms with E-state index in [1.165, 1.54) is 13.2 Å². The van der Waals surface area contributed by atoms with Crippen molar-refractivity contribution in [3.8, 4) is 17.2 Å². The lowest BCUT2D eigenvalue weighted by atomic mass is 10.1. The molecule has 0 unspecified atom stereocenters. The van der Waals surface area contributed by atoms with E-state index < -0.39 is 12.2 Å². The minimum Gasteiger partial charge on any atom is -0.493 e. The Labute approximate surface area is 175 Å². The summed E-state index contributed by atoms with van der Waals surface area (Å²) >= 11 is 6.14. The average molecular weight is 423 g/mol. The number of carbonyl (C=O) groups excluding carboxylic acids is 2. The molecule has 2 N–H and O–H groups in total. The van der Waals surface area contributed by atoms with Crippen LogP contribution < -0.4 is 24.8 Å². The number of hydrogen-bond acceptors (Lipinski definition) is 5. The molecule has 0 saturated carbocycles. The number of hydrogen-bond donors (Lipinski definition) is 2. The molecular weight excluding hydrogens is 396 g/mol. The minimum atomic E-state index is -0.584. The second kappa shape index (κ2) is 11.4. The van der Waals surface area contributed by atoms with Crippen molar-refractivity contribution in [3.05, 3.63) is 29.3 Å². The van der Waals surface area contributed by atoms with Crippen LogP contribution in [-0.2, 0) is 0 Å². The topological polar surface area (TPSA) is 85.9 Å². The zero-order valence-corrected chi connectivity index (χ0v) is 17.7. The SMILES string of the molecule is CCCCNC(=O)Oc1cc(OC)c(OC(=O)NCCCC)c2ccc(Cl)cc12. The smallest absolute Gasteiger partial charge is 0.412 e. The van der Waals surface area contributed by atoms with E-state index in [9.17, 15) is 9.59 Å². The summed E-state index contributed by atoms with van der Waals surface area (Å²) in [6.07, 6.45) is 2.45. The van der Waals surface area contributed by atoms with Crippen LogP contribution in [0, 0.1) is 0 Å². The van der Waals surface area contributed by atoms with Gasteiger partial charge < -0.3 is 24.8 Å². The standard InChI is InChI=1S/C21H27ClN2O5/c1-4-6-10-23-20(25)28-17-13-18(27-3)19(29-21(26)24-11-7-5-2)15-9-8-14(22)12-16(15)17/h8-9,12-13H,4-7,10-11H2,1-3H3,(H,23,25)(H,24,26). The molecule has 29 heavy (non-hydrogen) atoms. The molecule has 0 aliphatic rings. The van der Waals surface area contributed by atoms with Crippen LogP contribution in [0.2, 0.25) is 5.02 Å². The molecule has 2 rings (SSSR count). The Balaban J connectivity index is 2.36. The van der Waals surface area contributed by atoms with Gasteiger partial charge in [-0.1, -0.05) is 38.3 Å². The summed E-state index contributed by atoms with van der Waals surface area (Å²) in [7, 11) is 1.45. The lowest BCUT2D eigenvalue weighted by Crippen LogP contribution is -2.28. The second-order valence-corrected chi connectivity index (χ2v) is 6.87. The van der Waals surface area contributed by atoms with Crippen molar-refractivity contribution < 1.29 is 23.8 Å². The van der Waals surface area contributed by atoms with E-state index in [2.05, 4.69) is 10.6 Å². The van der Waals surface area contributed by atoms with Gasteiger partial charge in [-0.25, -0.2) is 9.59 Å². The number of unbranched alkanes of at least 4 members (excludes halogenated alkanes) is 2. The zero-order valence-electron chi connectivity index (χ0n) is 17.0. The van der Waals surface area contributed by atoms with Crippen LogP contribution in [0.25, 0.3) is 10.8 Å². The normalized spacial score (nSPS) is 10.5. The van der Waals surface area contributed by atoms with Crippen LogP contribution in [0.1, 0.15) is 39.5 Å². The Bertz CT molecular complexity index is 857. The fourth-order valence-corrected chi connectivity index (χ4v) is 2.83. The zero-order chi connectivity index (χ0) is 21.2. The third-order valence-electron chi connectivity index (χ3n) is 4.19. The first kappa shape index (κ1) is 22.6. The minimum absolute atomic E-state index is 0.229. The Morgan fingerprint density at radius 2 is 1.52 bits per heavy atom. The maximum atomic E-state index is 12.2. The number of halogens is 1. The molecule has 7 nitrogen and oxygen atoms in total. The van der Waals surface area contributed by atoms with Crippen molar-refractivity contribution >= 4 is 34.6 Å². The molecule has 2 aromatic carbocycles. The van der Waals surface area contributed by atoms with Crippen molar-refractivity contribution in [3.63, 3.8) is 0 Å². The number of methoxy groups -OCH3 is 1. The number of nitrogens with one attached hydrogen (secondary N) is 2. The van der Waals surface area contributed by atoms with Gasteiger partial charge >= 0.3 is 12.2 Å². The molecule has 0 heterocycles. The van der Waals surface area contributed by atoms with Gasteiger partial charge in [-0.05, 0) is 31.0 Å². The van der Waals surface area contributed by atoms with Gasteiger partial charge in [0, 0.05) is 35.0 Å². The molecule has 0 spiro atoms. The predicted molar refractivity (Wildman–Crippen MR) is 113 cm³/mol. The number of benzene rings is 2. The predicted octanol–water partition coefficient (Wildman–Crippen LogP) is 5.28. The average Bonchev–Trinajstić information content (AvgIpc) is 2.70. The van der Waals surface area contributed by atoms with E-state index in [1.54, 1.807) is 18.2 Å². The molecule has 158 valence electrons. The molecule has 0 saturated heterocycles. The molecule has 0 radical (unpaired) electrons. The van der Waals surface area contributed by atoms with Gasteiger partial charge in [-0.3, -0.25) is 0 Å². The highest BCUT2D eigenvalue weighted by atomic mass is 35.5. The molecule has 2 aromatic rings. The fraction of sp³-hybridized carbons (Fsp3) is 0.429. The van der Waals surface area contributed by atoms with Crippen molar-refractivity contribution in [1.82, 2.24) is 10.6 Å². The number of rotatable bonds is 9. The Hall–Kier alpha value is -2.67. The van der Waals surface area contributed by atoms with E-state index in [0.717, 1.165) is 25.7 Å². The van der Waals surface area contributed by atoms with Gasteiger partial charge in [-0.2, -0.15) is 0 Å². The highest BCUT2D eigenvalue weighted by Gasteiger charge is 2.20. The second-order valence-electron chi connectivity index (χ2n) is 6.44. The lowest BCUT2D eigenvalue weighted by Gasteiger charge is -2.16. The van der Waals surface area contributed by atoms with Crippen LogP contribution in [0.15, 0.2) is 24.3 Å². The monoisotopic (exact) mass is 422 g/mol. The first-order chi connectivity index (χ1) is 14.0. The van der Waals surface area contributed by atoms with E-state index in [1.807, 2.05) is 13.8 Å². The molecule has 0 fully saturated rings. The fourth-order valence-electron chi connectivity index (χ4n) is 2.65. The summed E-state index contributed by atoms with van der Waals surface area (Å²) in [6, 6.07) is 6.51. The summed E-state index contributed by atoms with van der Waals surface area (Å²) in [4.78, 5) is 24.3.